The van der Waals surface area contributed by atoms with E-state index in [2.05, 4.69) is 5.16 Å². The Kier molecular flexibility index (Phi) is 4.03. The second-order valence-corrected chi connectivity index (χ2v) is 6.90. The van der Waals surface area contributed by atoms with Gasteiger partial charge in [0.05, 0.1) is 17.9 Å². The van der Waals surface area contributed by atoms with Crippen molar-refractivity contribution in [3.05, 3.63) is 70.4 Å². The van der Waals surface area contributed by atoms with Crippen LogP contribution in [0.3, 0.4) is 0 Å². The molecule has 0 atom stereocenters. The van der Waals surface area contributed by atoms with Gasteiger partial charge in [0.25, 0.3) is 0 Å². The second kappa shape index (κ2) is 6.73. The predicted molar refractivity (Wildman–Crippen MR) is 113 cm³/mol. The smallest absolute Gasteiger partial charge is 0.236 e. The van der Waals surface area contributed by atoms with Crippen molar-refractivity contribution in [2.45, 2.75) is 6.61 Å². The molecule has 1 aromatic heterocycles. The van der Waals surface area contributed by atoms with Crippen molar-refractivity contribution in [1.82, 2.24) is 5.16 Å². The Bertz CT molecular complexity index is 1470. The summed E-state index contributed by atoms with van der Waals surface area (Å²) >= 11 is 0. The lowest BCUT2D eigenvalue weighted by atomic mass is 9.99. The van der Waals surface area contributed by atoms with Gasteiger partial charge in [-0.15, -0.1) is 0 Å². The molecule has 150 valence electrons. The zero-order valence-corrected chi connectivity index (χ0v) is 15.9. The molecule has 7 nitrogen and oxygen atoms in total. The average Bonchev–Trinajstić information content (AvgIpc) is 3.20. The standard InChI is InChI=1S/C23H17NO6/c1-28-15-9-5-8-13-10-14-17(20(26)16(13)15)21(27)18-22(19(14)25)30-24-23(18)29-11-12-6-3-2-4-7-12/h2-10,24-25,27H,11H2,1H3. The summed E-state index contributed by atoms with van der Waals surface area (Å²) in [6, 6.07) is 16.2. The summed E-state index contributed by atoms with van der Waals surface area (Å²) in [7, 11) is 1.47. The number of methoxy groups -OCH3 is 1. The normalized spacial score (nSPS) is 11.4. The van der Waals surface area contributed by atoms with E-state index in [9.17, 15) is 15.0 Å². The van der Waals surface area contributed by atoms with Crippen LogP contribution >= 0.6 is 0 Å². The topological polar surface area (TPSA) is 105 Å². The highest BCUT2D eigenvalue weighted by molar-refractivity contribution is 6.14. The van der Waals surface area contributed by atoms with Gasteiger partial charge >= 0.3 is 0 Å². The Balaban J connectivity index is 1.77. The molecular formula is C23H17NO6. The number of hydrogen-bond acceptors (Lipinski definition) is 6. The molecule has 5 aromatic rings. The number of benzene rings is 4. The van der Waals surface area contributed by atoms with Crippen LogP contribution in [0.1, 0.15) is 5.56 Å². The van der Waals surface area contributed by atoms with Crippen LogP contribution in [0.4, 0.5) is 0 Å². The van der Waals surface area contributed by atoms with Gasteiger partial charge in [-0.2, -0.15) is 5.16 Å². The summed E-state index contributed by atoms with van der Waals surface area (Å²) in [6.45, 7) is 0.208. The third-order valence-corrected chi connectivity index (χ3v) is 5.17. The highest BCUT2D eigenvalue weighted by Crippen LogP contribution is 2.45. The SMILES string of the molecule is COc1cccc2cc3c(O)c4o[nH]c(OCc5ccccc5)c4c(O)c3c(=O)c12. The number of nitrogens with one attached hydrogen (secondary N) is 1. The minimum absolute atomic E-state index is 0.00436. The first-order chi connectivity index (χ1) is 14.6. The molecule has 30 heavy (non-hydrogen) atoms. The van der Waals surface area contributed by atoms with Crippen LogP contribution < -0.4 is 14.9 Å². The van der Waals surface area contributed by atoms with Crippen molar-refractivity contribution in [2.24, 2.45) is 0 Å². The molecule has 0 aliphatic heterocycles. The number of phenols is 2. The van der Waals surface area contributed by atoms with Crippen LogP contribution in [-0.4, -0.2) is 22.5 Å². The van der Waals surface area contributed by atoms with E-state index >= 15 is 0 Å². The van der Waals surface area contributed by atoms with Crippen LogP contribution in [0.5, 0.6) is 23.1 Å². The molecule has 0 amide bonds. The molecule has 0 saturated carbocycles. The molecule has 0 radical (unpaired) electrons. The Morgan fingerprint density at radius 3 is 2.53 bits per heavy atom. The molecule has 0 saturated heterocycles. The van der Waals surface area contributed by atoms with Crippen molar-refractivity contribution in [2.75, 3.05) is 7.11 Å². The van der Waals surface area contributed by atoms with Crippen molar-refractivity contribution >= 4 is 32.5 Å². The highest BCUT2D eigenvalue weighted by atomic mass is 16.5. The molecule has 0 unspecified atom stereocenters. The van der Waals surface area contributed by atoms with Crippen molar-refractivity contribution in [3.8, 4) is 23.1 Å². The largest absolute Gasteiger partial charge is 0.506 e. The maximum Gasteiger partial charge on any atom is 0.236 e. The van der Waals surface area contributed by atoms with Crippen LogP contribution in [0.2, 0.25) is 0 Å². The van der Waals surface area contributed by atoms with Crippen LogP contribution in [-0.2, 0) is 6.61 Å². The summed E-state index contributed by atoms with van der Waals surface area (Å²) in [5.74, 6) is -0.0881. The number of aromatic amines is 1. The van der Waals surface area contributed by atoms with Gasteiger partial charge in [-0.1, -0.05) is 42.5 Å². The van der Waals surface area contributed by atoms with Gasteiger partial charge in [-0.3, -0.25) is 4.79 Å². The van der Waals surface area contributed by atoms with Crippen molar-refractivity contribution < 1.29 is 24.2 Å². The van der Waals surface area contributed by atoms with Gasteiger partial charge in [-0.05, 0) is 23.1 Å². The van der Waals surface area contributed by atoms with E-state index in [1.54, 1.807) is 24.3 Å². The molecule has 0 aliphatic rings. The Hall–Kier alpha value is -4.13. The number of aromatic nitrogens is 1. The molecule has 4 aromatic carbocycles. The Morgan fingerprint density at radius 2 is 1.77 bits per heavy atom. The van der Waals surface area contributed by atoms with Gasteiger partial charge in [0.1, 0.15) is 23.5 Å². The van der Waals surface area contributed by atoms with Crippen LogP contribution in [0.25, 0.3) is 32.5 Å². The lowest BCUT2D eigenvalue weighted by Crippen LogP contribution is -2.05. The maximum absolute atomic E-state index is 13.3. The minimum atomic E-state index is -0.454. The van der Waals surface area contributed by atoms with Gasteiger partial charge in [0.2, 0.25) is 16.9 Å². The summed E-state index contributed by atoms with van der Waals surface area (Å²) in [5.41, 5.74) is 0.458. The number of fused-ring (bicyclic) bond motifs is 3. The lowest BCUT2D eigenvalue weighted by molar-refractivity contribution is 0.273. The van der Waals surface area contributed by atoms with Crippen LogP contribution in [0, 0.1) is 0 Å². The highest BCUT2D eigenvalue weighted by Gasteiger charge is 2.24. The number of aromatic hydroxyl groups is 2. The first-order valence-corrected chi connectivity index (χ1v) is 9.25. The fourth-order valence-electron chi connectivity index (χ4n) is 3.74. The zero-order chi connectivity index (χ0) is 20.8. The van der Waals surface area contributed by atoms with E-state index < -0.39 is 5.43 Å². The molecule has 3 N–H and O–H groups in total. The van der Waals surface area contributed by atoms with E-state index in [1.807, 2.05) is 30.3 Å². The predicted octanol–water partition coefficient (Wildman–Crippen LogP) is 4.43. The third kappa shape index (κ3) is 2.56. The summed E-state index contributed by atoms with van der Waals surface area (Å²) in [5, 5.41) is 25.5. The fourth-order valence-corrected chi connectivity index (χ4v) is 3.74. The molecule has 0 spiro atoms. The zero-order valence-electron chi connectivity index (χ0n) is 15.9. The lowest BCUT2D eigenvalue weighted by Gasteiger charge is -2.10. The molecular weight excluding hydrogens is 386 g/mol. The van der Waals surface area contributed by atoms with Gasteiger partial charge in [0.15, 0.2) is 5.75 Å². The monoisotopic (exact) mass is 403 g/mol. The van der Waals surface area contributed by atoms with Crippen molar-refractivity contribution in [3.63, 3.8) is 0 Å². The molecule has 7 heteroatoms. The number of ether oxygens (including phenoxy) is 2. The molecule has 0 bridgehead atoms. The quantitative estimate of drug-likeness (QED) is 0.303. The summed E-state index contributed by atoms with van der Waals surface area (Å²) < 4.78 is 16.4. The van der Waals surface area contributed by atoms with E-state index in [0.717, 1.165) is 5.56 Å². The third-order valence-electron chi connectivity index (χ3n) is 5.17. The molecule has 0 fully saturated rings. The van der Waals surface area contributed by atoms with E-state index in [1.165, 1.54) is 7.11 Å². The number of phenolic OH excluding ortho intramolecular Hbond substituents is 2. The first kappa shape index (κ1) is 17.9. The number of hydrogen-bond donors (Lipinski definition) is 3. The fraction of sp³-hybridized carbons (Fsp3) is 0.0870. The van der Waals surface area contributed by atoms with Crippen molar-refractivity contribution in [1.29, 1.82) is 0 Å². The van der Waals surface area contributed by atoms with Gasteiger partial charge in [0, 0.05) is 5.39 Å². The summed E-state index contributed by atoms with van der Waals surface area (Å²) in [6.07, 6.45) is 0. The Morgan fingerprint density at radius 1 is 0.967 bits per heavy atom. The maximum atomic E-state index is 13.3. The van der Waals surface area contributed by atoms with Crippen LogP contribution in [0.15, 0.2) is 63.9 Å². The average molecular weight is 403 g/mol. The molecule has 1 heterocycles. The van der Waals surface area contributed by atoms with E-state index in [4.69, 9.17) is 14.0 Å². The minimum Gasteiger partial charge on any atom is -0.506 e. The van der Waals surface area contributed by atoms with E-state index in [0.29, 0.717) is 16.5 Å². The summed E-state index contributed by atoms with van der Waals surface area (Å²) in [4.78, 5) is 13.3. The number of rotatable bonds is 4. The second-order valence-electron chi connectivity index (χ2n) is 6.90. The molecule has 0 aliphatic carbocycles. The number of H-pyrrole nitrogens is 1. The first-order valence-electron chi connectivity index (χ1n) is 9.25. The van der Waals surface area contributed by atoms with Gasteiger partial charge < -0.3 is 24.2 Å². The Labute approximate surface area is 169 Å². The molecule has 5 rings (SSSR count). The van der Waals surface area contributed by atoms with E-state index in [-0.39, 0.29) is 45.7 Å². The van der Waals surface area contributed by atoms with Gasteiger partial charge in [-0.25, -0.2) is 0 Å².